The number of halogens is 2. The van der Waals surface area contributed by atoms with Gasteiger partial charge in [0, 0.05) is 23.7 Å². The van der Waals surface area contributed by atoms with Crippen molar-refractivity contribution in [2.75, 3.05) is 7.05 Å². The number of hydrogen-bond donors (Lipinski definition) is 0. The van der Waals surface area contributed by atoms with Crippen LogP contribution in [0.15, 0.2) is 22.7 Å². The lowest BCUT2D eigenvalue weighted by molar-refractivity contribution is 0.245. The molecule has 0 saturated carbocycles. The molecule has 0 N–H and O–H groups in total. The van der Waals surface area contributed by atoms with Crippen molar-refractivity contribution in [3.05, 3.63) is 52.4 Å². The van der Waals surface area contributed by atoms with E-state index in [0.29, 0.717) is 12.1 Å². The van der Waals surface area contributed by atoms with E-state index in [1.807, 2.05) is 32.7 Å². The predicted molar refractivity (Wildman–Crippen MR) is 72.2 cm³/mol. The molecule has 2 rings (SSSR count). The molecule has 0 amide bonds. The minimum Gasteiger partial charge on any atom is -0.361 e. The molecule has 1 aromatic carbocycles. The molecule has 0 aliphatic rings. The maximum Gasteiger partial charge on any atom is 0.138 e. The van der Waals surface area contributed by atoms with Crippen molar-refractivity contribution in [3.63, 3.8) is 0 Å². The van der Waals surface area contributed by atoms with E-state index >= 15 is 0 Å². The summed E-state index contributed by atoms with van der Waals surface area (Å²) in [6.07, 6.45) is 0. The Labute approximate surface area is 117 Å². The van der Waals surface area contributed by atoms with Gasteiger partial charge in [-0.3, -0.25) is 4.90 Å². The maximum absolute atomic E-state index is 13.8. The van der Waals surface area contributed by atoms with E-state index in [1.54, 1.807) is 0 Å². The van der Waals surface area contributed by atoms with Crippen LogP contribution >= 0.6 is 0 Å². The van der Waals surface area contributed by atoms with Crippen molar-refractivity contribution in [1.82, 2.24) is 10.1 Å². The summed E-state index contributed by atoms with van der Waals surface area (Å²) in [5.74, 6) is -0.0789. The van der Waals surface area contributed by atoms with Crippen molar-refractivity contribution in [1.29, 1.82) is 0 Å². The predicted octanol–water partition coefficient (Wildman–Crippen LogP) is 3.76. The Kier molecular flexibility index (Phi) is 4.18. The Hall–Kier alpha value is -1.75. The Balaban J connectivity index is 2.20. The fourth-order valence-electron chi connectivity index (χ4n) is 2.19. The maximum atomic E-state index is 13.8. The van der Waals surface area contributed by atoms with E-state index in [-0.39, 0.29) is 6.04 Å². The highest BCUT2D eigenvalue weighted by Crippen LogP contribution is 2.25. The van der Waals surface area contributed by atoms with Crippen molar-refractivity contribution < 1.29 is 13.3 Å². The van der Waals surface area contributed by atoms with E-state index in [4.69, 9.17) is 4.52 Å². The number of benzene rings is 1. The van der Waals surface area contributed by atoms with Crippen LogP contribution in [-0.4, -0.2) is 17.1 Å². The van der Waals surface area contributed by atoms with Crippen LogP contribution in [0.3, 0.4) is 0 Å². The van der Waals surface area contributed by atoms with Crippen LogP contribution in [0.5, 0.6) is 0 Å². The highest BCUT2D eigenvalue weighted by atomic mass is 19.1. The van der Waals surface area contributed by atoms with Crippen LogP contribution in [0, 0.1) is 25.5 Å². The lowest BCUT2D eigenvalue weighted by Crippen LogP contribution is -2.23. The van der Waals surface area contributed by atoms with Crippen molar-refractivity contribution in [2.45, 2.75) is 33.4 Å². The number of hydrogen-bond acceptors (Lipinski definition) is 3. The van der Waals surface area contributed by atoms with Gasteiger partial charge in [0.05, 0.1) is 5.69 Å². The molecule has 0 aliphatic carbocycles. The van der Waals surface area contributed by atoms with Crippen molar-refractivity contribution in [3.8, 4) is 0 Å². The summed E-state index contributed by atoms with van der Waals surface area (Å²) in [7, 11) is 1.86. The molecule has 20 heavy (non-hydrogen) atoms. The number of aryl methyl sites for hydroxylation is 2. The van der Waals surface area contributed by atoms with Crippen molar-refractivity contribution in [2.24, 2.45) is 0 Å². The van der Waals surface area contributed by atoms with E-state index < -0.39 is 11.6 Å². The molecule has 1 aromatic heterocycles. The largest absolute Gasteiger partial charge is 0.361 e. The van der Waals surface area contributed by atoms with E-state index in [2.05, 4.69) is 5.16 Å². The molecule has 0 saturated heterocycles. The lowest BCUT2D eigenvalue weighted by atomic mass is 10.1. The summed E-state index contributed by atoms with van der Waals surface area (Å²) in [6, 6.07) is 3.27. The Bertz CT molecular complexity index is 590. The molecule has 3 nitrogen and oxygen atoms in total. The average molecular weight is 280 g/mol. The topological polar surface area (TPSA) is 29.3 Å². The zero-order valence-corrected chi connectivity index (χ0v) is 12.1. The molecule has 0 aliphatic heterocycles. The van der Waals surface area contributed by atoms with E-state index in [9.17, 15) is 8.78 Å². The second kappa shape index (κ2) is 5.71. The SMILES string of the molecule is Cc1noc(C)c1CN(C)C(C)c1cc(F)ccc1F. The molecule has 1 heterocycles. The van der Waals surface area contributed by atoms with Gasteiger partial charge in [-0.2, -0.15) is 0 Å². The molecular formula is C15H18F2N2O. The van der Waals surface area contributed by atoms with Crippen LogP contribution in [0.25, 0.3) is 0 Å². The summed E-state index contributed by atoms with van der Waals surface area (Å²) >= 11 is 0. The van der Waals surface area contributed by atoms with Gasteiger partial charge in [0.2, 0.25) is 0 Å². The number of aromatic nitrogens is 1. The first-order chi connectivity index (χ1) is 9.40. The second-order valence-corrected chi connectivity index (χ2v) is 5.06. The van der Waals surface area contributed by atoms with Crippen LogP contribution in [0.4, 0.5) is 8.78 Å². The molecule has 0 fully saturated rings. The van der Waals surface area contributed by atoms with Gasteiger partial charge < -0.3 is 4.52 Å². The fraction of sp³-hybridized carbons (Fsp3) is 0.400. The van der Waals surface area contributed by atoms with Gasteiger partial charge in [0.1, 0.15) is 17.4 Å². The van der Waals surface area contributed by atoms with Crippen LogP contribution in [0.2, 0.25) is 0 Å². The fourth-order valence-corrected chi connectivity index (χ4v) is 2.19. The third-order valence-corrected chi connectivity index (χ3v) is 3.66. The Morgan fingerprint density at radius 1 is 1.30 bits per heavy atom. The third kappa shape index (κ3) is 2.88. The Morgan fingerprint density at radius 3 is 2.60 bits per heavy atom. The van der Waals surface area contributed by atoms with Gasteiger partial charge in [0.25, 0.3) is 0 Å². The first kappa shape index (κ1) is 14.7. The van der Waals surface area contributed by atoms with Gasteiger partial charge in [-0.15, -0.1) is 0 Å². The molecule has 0 spiro atoms. The molecule has 1 unspecified atom stereocenters. The normalized spacial score (nSPS) is 12.9. The zero-order chi connectivity index (χ0) is 14.9. The van der Waals surface area contributed by atoms with Gasteiger partial charge in [-0.25, -0.2) is 8.78 Å². The molecule has 0 bridgehead atoms. The van der Waals surface area contributed by atoms with Crippen molar-refractivity contribution >= 4 is 0 Å². The highest BCUT2D eigenvalue weighted by Gasteiger charge is 2.19. The molecule has 108 valence electrons. The summed E-state index contributed by atoms with van der Waals surface area (Å²) < 4.78 is 32.2. The smallest absolute Gasteiger partial charge is 0.138 e. The molecule has 2 aromatic rings. The minimum absolute atomic E-state index is 0.251. The van der Waals surface area contributed by atoms with E-state index in [1.165, 1.54) is 6.07 Å². The van der Waals surface area contributed by atoms with Gasteiger partial charge in [0.15, 0.2) is 0 Å². The van der Waals surface area contributed by atoms with Gasteiger partial charge in [-0.1, -0.05) is 5.16 Å². The first-order valence-electron chi connectivity index (χ1n) is 6.47. The van der Waals surface area contributed by atoms with Gasteiger partial charge in [-0.05, 0) is 46.0 Å². The summed E-state index contributed by atoms with van der Waals surface area (Å²) in [5, 5.41) is 3.90. The molecular weight excluding hydrogens is 262 g/mol. The second-order valence-electron chi connectivity index (χ2n) is 5.06. The summed E-state index contributed by atoms with van der Waals surface area (Å²) in [6.45, 7) is 6.12. The van der Waals surface area contributed by atoms with Crippen LogP contribution in [-0.2, 0) is 6.54 Å². The highest BCUT2D eigenvalue weighted by molar-refractivity contribution is 5.24. The average Bonchev–Trinajstić information content (AvgIpc) is 2.72. The molecule has 5 heteroatoms. The number of rotatable bonds is 4. The summed E-state index contributed by atoms with van der Waals surface area (Å²) in [4.78, 5) is 1.93. The van der Waals surface area contributed by atoms with Crippen LogP contribution in [0.1, 0.15) is 35.5 Å². The van der Waals surface area contributed by atoms with Crippen LogP contribution < -0.4 is 0 Å². The monoisotopic (exact) mass is 280 g/mol. The quantitative estimate of drug-likeness (QED) is 0.854. The third-order valence-electron chi connectivity index (χ3n) is 3.66. The van der Waals surface area contributed by atoms with Gasteiger partial charge >= 0.3 is 0 Å². The first-order valence-corrected chi connectivity index (χ1v) is 6.47. The standard InChI is InChI=1S/C15H18F2N2O/c1-9-14(11(3)20-18-9)8-19(4)10(2)13-7-12(16)5-6-15(13)17/h5-7,10H,8H2,1-4H3. The number of nitrogens with zero attached hydrogens (tertiary/aromatic N) is 2. The zero-order valence-electron chi connectivity index (χ0n) is 12.1. The lowest BCUT2D eigenvalue weighted by Gasteiger charge is -2.25. The minimum atomic E-state index is -0.431. The molecule has 1 atom stereocenters. The Morgan fingerprint density at radius 2 is 2.00 bits per heavy atom. The molecule has 0 radical (unpaired) electrons. The van der Waals surface area contributed by atoms with E-state index in [0.717, 1.165) is 29.2 Å². The summed E-state index contributed by atoms with van der Waals surface area (Å²) in [5.41, 5.74) is 2.15.